The zero-order valence-electron chi connectivity index (χ0n) is 7.53. The summed E-state index contributed by atoms with van der Waals surface area (Å²) >= 11 is 0. The van der Waals surface area contributed by atoms with Crippen molar-refractivity contribution < 1.29 is 4.79 Å². The Hall–Kier alpha value is -0.410. The van der Waals surface area contributed by atoms with Crippen LogP contribution in [-0.2, 0) is 0 Å². The lowest BCUT2D eigenvalue weighted by Gasteiger charge is -1.98. The topological polar surface area (TPSA) is 17.1 Å². The van der Waals surface area contributed by atoms with Crippen LogP contribution in [0.25, 0.3) is 0 Å². The minimum atomic E-state index is 0.152. The fourth-order valence-electron chi connectivity index (χ4n) is 0.801. The van der Waals surface area contributed by atoms with Crippen LogP contribution >= 0.6 is 21.6 Å². The first kappa shape index (κ1) is 10.7. The average Bonchev–Trinajstić information content (AvgIpc) is 2.19. The molecule has 1 nitrogen and oxygen atoms in total. The smallest absolute Gasteiger partial charge is 0.229 e. The highest BCUT2D eigenvalue weighted by Gasteiger charge is 2.04. The van der Waals surface area contributed by atoms with Gasteiger partial charge in [-0.05, 0) is 17.2 Å². The van der Waals surface area contributed by atoms with Crippen LogP contribution in [0.15, 0.2) is 30.3 Å². The minimum absolute atomic E-state index is 0.152. The van der Waals surface area contributed by atoms with Gasteiger partial charge >= 0.3 is 0 Å². The molecule has 70 valence electrons. The highest BCUT2D eigenvalue weighted by atomic mass is 33.1. The Bertz CT molecular complexity index is 259. The summed E-state index contributed by atoms with van der Waals surface area (Å²) in [6.07, 6.45) is 1.11. The first-order valence-electron chi connectivity index (χ1n) is 4.23. The second-order valence-corrected chi connectivity index (χ2v) is 4.95. The molecule has 0 aromatic heterocycles. The summed E-state index contributed by atoms with van der Waals surface area (Å²) in [7, 11) is 2.96. The second-order valence-electron chi connectivity index (χ2n) is 2.56. The molecule has 0 aliphatic heterocycles. The van der Waals surface area contributed by atoms with Gasteiger partial charge in [0.05, 0.1) is 0 Å². The highest BCUT2D eigenvalue weighted by molar-refractivity contribution is 8.82. The van der Waals surface area contributed by atoms with E-state index < -0.39 is 0 Å². The van der Waals surface area contributed by atoms with Crippen molar-refractivity contribution in [3.63, 3.8) is 0 Å². The van der Waals surface area contributed by atoms with Gasteiger partial charge in [0.2, 0.25) is 5.12 Å². The Kier molecular flexibility index (Phi) is 5.01. The zero-order valence-corrected chi connectivity index (χ0v) is 9.16. The van der Waals surface area contributed by atoms with Crippen molar-refractivity contribution in [2.24, 2.45) is 0 Å². The summed E-state index contributed by atoms with van der Waals surface area (Å²) in [5.41, 5.74) is 0.788. The molecule has 13 heavy (non-hydrogen) atoms. The Morgan fingerprint density at radius 3 is 2.62 bits per heavy atom. The maximum atomic E-state index is 11.5. The second kappa shape index (κ2) is 6.11. The quantitative estimate of drug-likeness (QED) is 0.560. The number of hydrogen-bond acceptors (Lipinski definition) is 3. The van der Waals surface area contributed by atoms with E-state index in [0.717, 1.165) is 17.7 Å². The summed E-state index contributed by atoms with van der Waals surface area (Å²) < 4.78 is 0. The molecular formula is C10H12OS2. The number of hydrogen-bond donors (Lipinski definition) is 0. The van der Waals surface area contributed by atoms with E-state index in [-0.39, 0.29) is 5.12 Å². The lowest BCUT2D eigenvalue weighted by atomic mass is 10.2. The third-order valence-electron chi connectivity index (χ3n) is 1.43. The lowest BCUT2D eigenvalue weighted by Crippen LogP contribution is -1.89. The largest absolute Gasteiger partial charge is 0.281 e. The highest BCUT2D eigenvalue weighted by Crippen LogP contribution is 2.26. The molecule has 0 amide bonds. The van der Waals surface area contributed by atoms with Crippen molar-refractivity contribution >= 4 is 26.7 Å². The fraction of sp³-hybridized carbons (Fsp3) is 0.300. The summed E-state index contributed by atoms with van der Waals surface area (Å²) in [6.45, 7) is 2.11. The van der Waals surface area contributed by atoms with Gasteiger partial charge in [0.15, 0.2) is 0 Å². The van der Waals surface area contributed by atoms with Gasteiger partial charge < -0.3 is 0 Å². The molecule has 1 aromatic carbocycles. The van der Waals surface area contributed by atoms with Crippen LogP contribution in [0.2, 0.25) is 0 Å². The van der Waals surface area contributed by atoms with Crippen LogP contribution in [-0.4, -0.2) is 10.9 Å². The SMILES string of the molecule is CCCSSC(=O)c1ccccc1. The normalized spacial score (nSPS) is 9.92. The van der Waals surface area contributed by atoms with Crippen molar-refractivity contribution in [2.45, 2.75) is 13.3 Å². The van der Waals surface area contributed by atoms with E-state index in [2.05, 4.69) is 6.92 Å². The van der Waals surface area contributed by atoms with E-state index >= 15 is 0 Å². The molecule has 0 saturated heterocycles. The zero-order chi connectivity index (χ0) is 9.52. The molecule has 0 radical (unpaired) electrons. The van der Waals surface area contributed by atoms with Crippen molar-refractivity contribution in [1.29, 1.82) is 0 Å². The maximum absolute atomic E-state index is 11.5. The van der Waals surface area contributed by atoms with Crippen molar-refractivity contribution in [2.75, 3.05) is 5.75 Å². The maximum Gasteiger partial charge on any atom is 0.229 e. The Labute approximate surface area is 86.7 Å². The van der Waals surface area contributed by atoms with Crippen molar-refractivity contribution in [1.82, 2.24) is 0 Å². The van der Waals surface area contributed by atoms with E-state index in [9.17, 15) is 4.79 Å². The van der Waals surface area contributed by atoms with Crippen molar-refractivity contribution in [3.05, 3.63) is 35.9 Å². The van der Waals surface area contributed by atoms with E-state index in [1.165, 1.54) is 10.8 Å². The van der Waals surface area contributed by atoms with Crippen LogP contribution in [0.3, 0.4) is 0 Å². The van der Waals surface area contributed by atoms with Crippen LogP contribution in [0, 0.1) is 0 Å². The number of carbonyl (C=O) groups is 1. The Morgan fingerprint density at radius 1 is 1.31 bits per heavy atom. The standard InChI is InChI=1S/C10H12OS2/c1-2-8-12-13-10(11)9-6-4-3-5-7-9/h3-7H,2,8H2,1H3. The monoisotopic (exact) mass is 212 g/mol. The van der Waals surface area contributed by atoms with E-state index in [1.807, 2.05) is 30.3 Å². The average molecular weight is 212 g/mol. The van der Waals surface area contributed by atoms with Gasteiger partial charge in [-0.3, -0.25) is 4.79 Å². The van der Waals surface area contributed by atoms with Crippen LogP contribution in [0.4, 0.5) is 0 Å². The van der Waals surface area contributed by atoms with Gasteiger partial charge in [0.1, 0.15) is 0 Å². The Morgan fingerprint density at radius 2 is 2.00 bits per heavy atom. The summed E-state index contributed by atoms with van der Waals surface area (Å²) in [4.78, 5) is 11.5. The molecular weight excluding hydrogens is 200 g/mol. The molecule has 0 spiro atoms. The molecule has 0 unspecified atom stereocenters. The molecule has 0 atom stereocenters. The number of benzene rings is 1. The third kappa shape index (κ3) is 3.87. The van der Waals surface area contributed by atoms with E-state index in [0.29, 0.717) is 0 Å². The van der Waals surface area contributed by atoms with Crippen molar-refractivity contribution in [3.8, 4) is 0 Å². The summed E-state index contributed by atoms with van der Waals surface area (Å²) in [5, 5.41) is 0.152. The van der Waals surface area contributed by atoms with Gasteiger partial charge in [0, 0.05) is 11.3 Å². The predicted molar refractivity (Wildman–Crippen MR) is 61.1 cm³/mol. The molecule has 1 rings (SSSR count). The summed E-state index contributed by atoms with van der Waals surface area (Å²) in [5.74, 6) is 1.03. The Balaban J connectivity index is 2.40. The molecule has 0 fully saturated rings. The number of carbonyl (C=O) groups excluding carboxylic acids is 1. The first-order valence-corrected chi connectivity index (χ1v) is 6.55. The molecule has 3 heteroatoms. The van der Waals surface area contributed by atoms with Gasteiger partial charge in [0.25, 0.3) is 0 Å². The van der Waals surface area contributed by atoms with Gasteiger partial charge in [-0.15, -0.1) is 0 Å². The predicted octanol–water partition coefficient (Wildman–Crippen LogP) is 3.62. The van der Waals surface area contributed by atoms with Gasteiger partial charge in [-0.2, -0.15) is 0 Å². The van der Waals surface area contributed by atoms with Crippen LogP contribution in [0.1, 0.15) is 23.7 Å². The molecule has 0 saturated carbocycles. The molecule has 0 bridgehead atoms. The molecule has 0 N–H and O–H groups in total. The van der Waals surface area contributed by atoms with Crippen LogP contribution < -0.4 is 0 Å². The summed E-state index contributed by atoms with van der Waals surface area (Å²) in [6, 6.07) is 9.39. The van der Waals surface area contributed by atoms with E-state index in [4.69, 9.17) is 0 Å². The molecule has 0 aliphatic carbocycles. The molecule has 0 heterocycles. The van der Waals surface area contributed by atoms with Gasteiger partial charge in [-0.25, -0.2) is 0 Å². The van der Waals surface area contributed by atoms with Gasteiger partial charge in [-0.1, -0.05) is 48.0 Å². The fourth-order valence-corrected chi connectivity index (χ4v) is 2.75. The van der Waals surface area contributed by atoms with E-state index in [1.54, 1.807) is 10.8 Å². The molecule has 0 aliphatic rings. The third-order valence-corrected chi connectivity index (χ3v) is 3.82. The first-order chi connectivity index (χ1) is 6.34. The number of rotatable bonds is 4. The minimum Gasteiger partial charge on any atom is -0.281 e. The molecule has 1 aromatic rings. The lowest BCUT2D eigenvalue weighted by molar-refractivity contribution is 0.109. The van der Waals surface area contributed by atoms with Crippen LogP contribution in [0.5, 0.6) is 0 Å².